The van der Waals surface area contributed by atoms with Gasteiger partial charge in [0.05, 0.1) is 64.7 Å². The monoisotopic (exact) mass is 1720 g/mol. The molecule has 12 fully saturated rings. The number of alkyl halides is 1. The fourth-order valence-electron chi connectivity index (χ4n) is 22.4. The lowest BCUT2D eigenvalue weighted by atomic mass is 9.47. The van der Waals surface area contributed by atoms with Gasteiger partial charge in [0, 0.05) is 96.6 Å². The first kappa shape index (κ1) is 88.7. The Kier molecular flexibility index (Phi) is 24.3. The van der Waals surface area contributed by atoms with Crippen LogP contribution in [0.3, 0.4) is 0 Å². The van der Waals surface area contributed by atoms with E-state index in [0.717, 1.165) is 41.6 Å². The number of nitrogens with zero attached hydrogens (tertiary/aromatic N) is 4. The summed E-state index contributed by atoms with van der Waals surface area (Å²) in [6.07, 6.45) is -3.23. The van der Waals surface area contributed by atoms with Crippen molar-refractivity contribution < 1.29 is 143 Å². The van der Waals surface area contributed by atoms with Crippen molar-refractivity contribution in [2.45, 2.75) is 270 Å². The lowest BCUT2D eigenvalue weighted by molar-refractivity contribution is -0.387. The number of fused-ring (bicyclic) bond motifs is 14. The molecule has 0 bridgehead atoms. The third-order valence-corrected chi connectivity index (χ3v) is 29.7. The summed E-state index contributed by atoms with van der Waals surface area (Å²) in [7, 11) is 0. The van der Waals surface area contributed by atoms with E-state index in [1.54, 1.807) is 19.1 Å². The van der Waals surface area contributed by atoms with Crippen molar-refractivity contribution in [3.05, 3.63) is 90.0 Å². The Morgan fingerprint density at radius 3 is 1.40 bits per heavy atom. The molecule has 37 heteroatoms. The molecule has 18 rings (SSSR count). The minimum absolute atomic E-state index is 0.00333. The van der Waals surface area contributed by atoms with E-state index in [0.29, 0.717) is 37.3 Å². The molecule has 30 atom stereocenters. The number of carbonyl (C=O) groups excluding carboxylic acids is 10. The molecule has 2 spiro atoms. The number of benzene rings is 2. The van der Waals surface area contributed by atoms with Gasteiger partial charge in [0.2, 0.25) is 12.6 Å². The van der Waals surface area contributed by atoms with Gasteiger partial charge in [0.25, 0.3) is 0 Å². The first-order chi connectivity index (χ1) is 57.4. The number of aliphatic hydroxyl groups excluding tert-OH is 1. The molecule has 6 unspecified atom stereocenters. The number of ether oxygens (including phenoxy) is 17. The summed E-state index contributed by atoms with van der Waals surface area (Å²) in [6, 6.07) is 8.48. The summed E-state index contributed by atoms with van der Waals surface area (Å²) in [5.41, 5.74) is 1.43. The molecular weight excluding hydrogens is 1610 g/mol. The molecule has 2 amide bonds. The SMILES string of the molecule is CC(C)[C@]12O[C@H]1[C@@H]1O[C@]13C([C@H]1O[C@H]1[C@H]1C4=C(CC[C@@]13C)C(=O)OC4)[C@@H]2O.CCN(CCl)C(=O)OCc1ccc(O[C@@H]2OC(C)[C@@H](C)[C@H](C)C2OC(C)=O)c([N+](=O)[O-])c1.CCN(CO[C@H]1C2[C@H]3O[C@H]3[C@H]3C4=C(CC[C@]3(C)[C@@]23O[C@H]3[C@@H]2O[C@]12C(C)C)C(=O)OC4)C(=O)OCc1ccc(O[C@@H]2OC(C)[C@@H](C)[C@H](C)C2OC(C)=O)c([N+](=O)[O-])c1.O=C=O.O=C=O. The van der Waals surface area contributed by atoms with Crippen LogP contribution in [-0.4, -0.2) is 233 Å². The van der Waals surface area contributed by atoms with E-state index in [-0.39, 0.29) is 211 Å². The number of aliphatic hydroxyl groups is 1. The number of esters is 4. The summed E-state index contributed by atoms with van der Waals surface area (Å²) in [5.74, 6) is -1.26. The van der Waals surface area contributed by atoms with E-state index in [4.69, 9.17) is 111 Å². The molecule has 1 N–H and O–H groups in total. The van der Waals surface area contributed by atoms with Crippen LogP contribution in [0.25, 0.3) is 0 Å². The van der Waals surface area contributed by atoms with Crippen LogP contribution in [0, 0.1) is 90.2 Å². The first-order valence-electron chi connectivity index (χ1n) is 41.4. The average molecular weight is 1720 g/mol. The van der Waals surface area contributed by atoms with Gasteiger partial charge >= 0.3 is 59.7 Å². The third-order valence-electron chi connectivity index (χ3n) is 29.4. The highest BCUT2D eigenvalue weighted by Gasteiger charge is 2.95. The molecule has 10 aliphatic heterocycles. The largest absolute Gasteiger partial charge is 0.458 e. The van der Waals surface area contributed by atoms with Gasteiger partial charge in [-0.15, -0.1) is 11.6 Å². The lowest BCUT2D eigenvalue weighted by Crippen LogP contribution is -2.66. The summed E-state index contributed by atoms with van der Waals surface area (Å²) in [4.78, 5) is 132. The fraction of sp³-hybridized carbons (Fsp3) is 0.714. The van der Waals surface area contributed by atoms with Crippen LogP contribution >= 0.6 is 11.6 Å². The van der Waals surface area contributed by atoms with Crippen LogP contribution in [0.4, 0.5) is 21.0 Å². The molecular formula is C84H105ClN4O32. The normalized spacial score (nSPS) is 40.5. The Labute approximate surface area is 702 Å². The van der Waals surface area contributed by atoms with Crippen LogP contribution in [0.5, 0.6) is 11.5 Å². The predicted octanol–water partition coefficient (Wildman–Crippen LogP) is 8.70. The minimum atomic E-state index is -1.06. The van der Waals surface area contributed by atoms with Crippen LogP contribution in [0.15, 0.2) is 58.7 Å². The maximum atomic E-state index is 13.6. The summed E-state index contributed by atoms with van der Waals surface area (Å²) >= 11 is 5.67. The molecule has 4 saturated carbocycles. The molecule has 121 heavy (non-hydrogen) atoms. The number of amides is 2. The summed E-state index contributed by atoms with van der Waals surface area (Å²) < 4.78 is 102. The zero-order valence-electron chi connectivity index (χ0n) is 70.2. The summed E-state index contributed by atoms with van der Waals surface area (Å²) in [5, 5.41) is 35.3. The number of rotatable bonds is 20. The van der Waals surface area contributed by atoms with Gasteiger partial charge in [-0.1, -0.05) is 81.4 Å². The molecule has 2 aromatic rings. The number of hydrogen-bond donors (Lipinski definition) is 1. The molecule has 8 saturated heterocycles. The van der Waals surface area contributed by atoms with Gasteiger partial charge in [-0.25, -0.2) is 19.2 Å². The Bertz CT molecular complexity index is 4570. The van der Waals surface area contributed by atoms with E-state index >= 15 is 0 Å². The van der Waals surface area contributed by atoms with Crippen LogP contribution in [0.1, 0.15) is 148 Å². The predicted molar refractivity (Wildman–Crippen MR) is 408 cm³/mol. The zero-order chi connectivity index (χ0) is 87.7. The number of epoxide rings is 6. The van der Waals surface area contributed by atoms with Crippen molar-refractivity contribution >= 4 is 71.3 Å². The molecule has 0 aromatic heterocycles. The van der Waals surface area contributed by atoms with E-state index < -0.39 is 93.4 Å². The molecule has 10 heterocycles. The second-order valence-electron chi connectivity index (χ2n) is 35.5. The van der Waals surface area contributed by atoms with Crippen molar-refractivity contribution in [2.75, 3.05) is 39.0 Å². The van der Waals surface area contributed by atoms with E-state index in [2.05, 4.69) is 41.5 Å². The topological polar surface area (TPSA) is 460 Å². The molecule has 0 radical (unpaired) electrons. The number of hydrogen-bond acceptors (Lipinski definition) is 32. The van der Waals surface area contributed by atoms with Crippen LogP contribution < -0.4 is 9.47 Å². The van der Waals surface area contributed by atoms with Gasteiger partial charge in [0.15, 0.2) is 23.7 Å². The van der Waals surface area contributed by atoms with Gasteiger partial charge in [-0.05, 0) is 111 Å². The highest BCUT2D eigenvalue weighted by Crippen LogP contribution is 2.81. The minimum Gasteiger partial charge on any atom is -0.458 e. The van der Waals surface area contributed by atoms with Crippen molar-refractivity contribution in [3.63, 3.8) is 0 Å². The fourth-order valence-corrected chi connectivity index (χ4v) is 22.6. The number of carbonyl (C=O) groups is 6. The Morgan fingerprint density at radius 1 is 0.587 bits per heavy atom. The number of nitro benzene ring substituents is 2. The van der Waals surface area contributed by atoms with E-state index in [1.807, 2.05) is 48.5 Å². The second kappa shape index (κ2) is 33.1. The van der Waals surface area contributed by atoms with Crippen molar-refractivity contribution in [1.82, 2.24) is 9.80 Å². The average Bonchev–Trinajstić information content (AvgIpc) is 1.44. The lowest BCUT2D eigenvalue weighted by Gasteiger charge is -2.54. The molecule has 6 aliphatic carbocycles. The van der Waals surface area contributed by atoms with E-state index in [1.165, 1.54) is 47.9 Å². The van der Waals surface area contributed by atoms with Gasteiger partial charge in [-0.3, -0.25) is 39.6 Å². The highest BCUT2D eigenvalue weighted by molar-refractivity contribution is 6.18. The first-order valence-corrected chi connectivity index (χ1v) is 41.9. The van der Waals surface area contributed by atoms with Crippen molar-refractivity contribution in [2.24, 2.45) is 70.0 Å². The number of halogens is 1. The summed E-state index contributed by atoms with van der Waals surface area (Å²) in [6.45, 7) is 31.6. The maximum absolute atomic E-state index is 13.6. The standard InChI is InChI=1S/C41H52N2O14.C21H29ClN2O8.C20H24O6.2CO2/c1-9-42(38(46)50-15-23-10-11-27(26(14-23)43(47)48)54-37-30(53-22(7)44)20(5)19(4)21(6)52-37)17-51-33-29-32-31(55-32)28-25-16-49-36(45)24(25)12-13-39(28,8)41(29)35(57-41)34-40(33,56-34)18(2)3;1-6-23(11-22)21(26)29-10-16-7-8-18(17(9-16)24(27)28)32-20-19(31-15(5)25)13(3)12(2)14(4)30-20;1-7(2)19-14(21)11-13-12(24-13)10-9-6-23-17(22)8(9)4-5-18(10,3)20(11)16(26-20)15(19)25-19;2*2-1-3/h10-11,14,18-21,28-35,37H,9,12-13,15-17H2,1-8H3;7-9,12-14,19-20H,6,10-11H2,1-5H3;7,10-16,21H,4-6H2,1-3H3;;/t19-,20-,21?,28+,29?,30?,31-,32+,33-,34-,35-,37-,39-,40+,41+;12-,13-,14?,19?,20-;10-,11?,12+,13-,14+,15+,16+,18+,19-,20-;;/m001../s1. The smallest absolute Gasteiger partial charge is 0.411 e. The Hall–Kier alpha value is -8.61. The molecule has 2 aromatic carbocycles. The third kappa shape index (κ3) is 14.6. The molecule has 36 nitrogen and oxygen atoms in total. The zero-order valence-corrected chi connectivity index (χ0v) is 71.0. The van der Waals surface area contributed by atoms with Gasteiger partial charge < -0.3 is 85.6 Å². The number of nitro groups is 2. The van der Waals surface area contributed by atoms with Gasteiger partial charge in [-0.2, -0.15) is 19.2 Å². The quantitative estimate of drug-likeness (QED) is 0.0189. The van der Waals surface area contributed by atoms with Gasteiger partial charge in [0.1, 0.15) is 80.0 Å². The maximum Gasteiger partial charge on any atom is 0.411 e. The van der Waals surface area contributed by atoms with Crippen molar-refractivity contribution in [1.29, 1.82) is 0 Å². The second-order valence-corrected chi connectivity index (χ2v) is 35.8. The Balaban J connectivity index is 0.000000157. The Morgan fingerprint density at radius 2 is 0.992 bits per heavy atom. The molecule has 16 aliphatic rings. The highest BCUT2D eigenvalue weighted by atomic mass is 35.5. The van der Waals surface area contributed by atoms with Crippen LogP contribution in [-0.2, 0) is 123 Å². The van der Waals surface area contributed by atoms with Crippen LogP contribution in [0.2, 0.25) is 0 Å². The molecule has 660 valence electrons. The number of cyclic esters (lactones) is 2. The van der Waals surface area contributed by atoms with Crippen molar-refractivity contribution in [3.8, 4) is 11.5 Å². The van der Waals surface area contributed by atoms with E-state index in [9.17, 15) is 54.1 Å².